The molecule has 16 heavy (non-hydrogen) atoms. The van der Waals surface area contributed by atoms with Gasteiger partial charge in [0.1, 0.15) is 5.75 Å². The summed E-state index contributed by atoms with van der Waals surface area (Å²) in [5.41, 5.74) is 0.197. The highest BCUT2D eigenvalue weighted by Crippen LogP contribution is 2.27. The highest BCUT2D eigenvalue weighted by molar-refractivity contribution is 7.90. The molecule has 0 radical (unpaired) electrons. The molecule has 0 saturated heterocycles. The van der Waals surface area contributed by atoms with E-state index in [1.807, 2.05) is 0 Å². The highest BCUT2D eigenvalue weighted by Gasteiger charge is 2.12. The van der Waals surface area contributed by atoms with E-state index in [2.05, 4.69) is 5.32 Å². The fourth-order valence-corrected chi connectivity index (χ4v) is 1.76. The fourth-order valence-electron chi connectivity index (χ4n) is 1.12. The number of ether oxygens (including phenoxy) is 1. The first-order valence-corrected chi connectivity index (χ1v) is 6.12. The average molecular weight is 245 g/mol. The Morgan fingerprint density at radius 1 is 1.44 bits per heavy atom. The number of nitrogens with one attached hydrogen (secondary N) is 1. The van der Waals surface area contributed by atoms with Gasteiger partial charge in [-0.2, -0.15) is 0 Å². The monoisotopic (exact) mass is 245 g/mol. The number of methoxy groups -OCH3 is 1. The van der Waals surface area contributed by atoms with Crippen LogP contribution < -0.4 is 10.1 Å². The van der Waals surface area contributed by atoms with Crippen molar-refractivity contribution in [1.29, 1.82) is 0 Å². The Labute approximate surface area is 92.8 Å². The van der Waals surface area contributed by atoms with Gasteiger partial charge in [-0.25, -0.2) is 13.2 Å². The fraction of sp³-hybridized carbons (Fsp3) is 0.222. The Bertz CT molecular complexity index is 509. The van der Waals surface area contributed by atoms with E-state index >= 15 is 0 Å². The zero-order valence-electron chi connectivity index (χ0n) is 8.72. The molecule has 7 heteroatoms. The van der Waals surface area contributed by atoms with Gasteiger partial charge in [0.05, 0.1) is 17.7 Å². The van der Waals surface area contributed by atoms with Crippen LogP contribution >= 0.6 is 0 Å². The van der Waals surface area contributed by atoms with E-state index in [4.69, 9.17) is 9.84 Å². The lowest BCUT2D eigenvalue weighted by molar-refractivity contribution is 0.209. The van der Waals surface area contributed by atoms with Crippen LogP contribution in [0.2, 0.25) is 0 Å². The molecule has 0 bridgehead atoms. The number of rotatable bonds is 3. The minimum absolute atomic E-state index is 0.0697. The van der Waals surface area contributed by atoms with Gasteiger partial charge in [0.25, 0.3) is 0 Å². The van der Waals surface area contributed by atoms with Crippen molar-refractivity contribution in [2.24, 2.45) is 0 Å². The van der Waals surface area contributed by atoms with E-state index in [9.17, 15) is 13.2 Å². The van der Waals surface area contributed by atoms with Crippen molar-refractivity contribution in [3.8, 4) is 5.75 Å². The van der Waals surface area contributed by atoms with Crippen LogP contribution in [0.25, 0.3) is 0 Å². The summed E-state index contributed by atoms with van der Waals surface area (Å²) in [5, 5.41) is 10.6. The van der Waals surface area contributed by atoms with Gasteiger partial charge in [-0.15, -0.1) is 0 Å². The number of sulfone groups is 1. The maximum Gasteiger partial charge on any atom is 0.409 e. The van der Waals surface area contributed by atoms with Gasteiger partial charge in [0, 0.05) is 12.3 Å². The van der Waals surface area contributed by atoms with Crippen LogP contribution in [0.3, 0.4) is 0 Å². The first kappa shape index (κ1) is 12.3. The summed E-state index contributed by atoms with van der Waals surface area (Å²) < 4.78 is 27.4. The lowest BCUT2D eigenvalue weighted by atomic mass is 10.3. The van der Waals surface area contributed by atoms with Crippen LogP contribution in [0.4, 0.5) is 10.5 Å². The molecule has 0 fully saturated rings. The van der Waals surface area contributed by atoms with E-state index in [1.54, 1.807) is 0 Å². The molecule has 1 aromatic rings. The number of hydrogen-bond donors (Lipinski definition) is 2. The van der Waals surface area contributed by atoms with Gasteiger partial charge >= 0.3 is 6.09 Å². The van der Waals surface area contributed by atoms with Crippen molar-refractivity contribution < 1.29 is 23.1 Å². The number of carboxylic acid groups (broad SMARTS) is 1. The van der Waals surface area contributed by atoms with Crippen LogP contribution in [0.5, 0.6) is 5.75 Å². The molecule has 1 amide bonds. The molecule has 0 aliphatic carbocycles. The zero-order chi connectivity index (χ0) is 12.3. The summed E-state index contributed by atoms with van der Waals surface area (Å²) in [6, 6.07) is 3.91. The molecule has 0 unspecified atom stereocenters. The van der Waals surface area contributed by atoms with Crippen molar-refractivity contribution >= 4 is 21.6 Å². The predicted molar refractivity (Wildman–Crippen MR) is 57.8 cm³/mol. The van der Waals surface area contributed by atoms with E-state index in [-0.39, 0.29) is 16.3 Å². The smallest absolute Gasteiger partial charge is 0.409 e. The molecule has 0 aliphatic rings. The van der Waals surface area contributed by atoms with Crippen molar-refractivity contribution in [2.75, 3.05) is 18.7 Å². The third kappa shape index (κ3) is 2.86. The molecule has 1 aromatic carbocycles. The number of hydrogen-bond acceptors (Lipinski definition) is 4. The standard InChI is InChI=1S/C9H11NO5S/c1-15-8-5-6(16(2,13)14)3-4-7(8)10-9(11)12/h3-5,10H,1-2H3,(H,11,12). The van der Waals surface area contributed by atoms with Gasteiger partial charge in [-0.1, -0.05) is 0 Å². The van der Waals surface area contributed by atoms with E-state index in [1.165, 1.54) is 25.3 Å². The molecule has 88 valence electrons. The van der Waals surface area contributed by atoms with Gasteiger partial charge in [0.2, 0.25) is 0 Å². The summed E-state index contributed by atoms with van der Waals surface area (Å²) in [6.45, 7) is 0. The molecule has 1 rings (SSSR count). The summed E-state index contributed by atoms with van der Waals surface area (Å²) in [5.74, 6) is 0.158. The molecular weight excluding hydrogens is 234 g/mol. The Hall–Kier alpha value is -1.76. The molecule has 6 nitrogen and oxygen atoms in total. The first-order chi connectivity index (χ1) is 7.34. The summed E-state index contributed by atoms with van der Waals surface area (Å²) in [4.78, 5) is 10.5. The quantitative estimate of drug-likeness (QED) is 0.834. The zero-order valence-corrected chi connectivity index (χ0v) is 9.54. The molecule has 0 heterocycles. The largest absolute Gasteiger partial charge is 0.495 e. The Balaban J connectivity index is 3.22. The number of anilines is 1. The minimum atomic E-state index is -3.34. The number of benzene rings is 1. The predicted octanol–water partition coefficient (Wildman–Crippen LogP) is 1.19. The molecule has 0 saturated carbocycles. The van der Waals surface area contributed by atoms with Gasteiger partial charge in [-0.05, 0) is 12.1 Å². The van der Waals surface area contributed by atoms with Crippen LogP contribution in [0, 0.1) is 0 Å². The molecule has 0 spiro atoms. The Morgan fingerprint density at radius 2 is 2.06 bits per heavy atom. The van der Waals surface area contributed by atoms with Gasteiger partial charge in [-0.3, -0.25) is 5.32 Å². The first-order valence-electron chi connectivity index (χ1n) is 4.22. The van der Waals surface area contributed by atoms with Crippen molar-refractivity contribution in [3.05, 3.63) is 18.2 Å². The Morgan fingerprint density at radius 3 is 2.50 bits per heavy atom. The molecule has 0 atom stereocenters. The van der Waals surface area contributed by atoms with Crippen molar-refractivity contribution in [1.82, 2.24) is 0 Å². The Kier molecular flexibility index (Phi) is 3.38. The third-order valence-electron chi connectivity index (χ3n) is 1.84. The van der Waals surface area contributed by atoms with Gasteiger partial charge < -0.3 is 9.84 Å². The maximum absolute atomic E-state index is 11.2. The molecular formula is C9H11NO5S. The second-order valence-corrected chi connectivity index (χ2v) is 5.08. The van der Waals surface area contributed by atoms with Crippen LogP contribution in [-0.2, 0) is 9.84 Å². The summed E-state index contributed by atoms with van der Waals surface area (Å²) >= 11 is 0. The number of carbonyl (C=O) groups is 1. The van der Waals surface area contributed by atoms with E-state index < -0.39 is 15.9 Å². The lowest BCUT2D eigenvalue weighted by Crippen LogP contribution is -2.09. The van der Waals surface area contributed by atoms with E-state index in [0.717, 1.165) is 6.26 Å². The second-order valence-electron chi connectivity index (χ2n) is 3.06. The maximum atomic E-state index is 11.2. The molecule has 2 N–H and O–H groups in total. The van der Waals surface area contributed by atoms with Crippen LogP contribution in [0.1, 0.15) is 0 Å². The summed E-state index contributed by atoms with van der Waals surface area (Å²) in [6.07, 6.45) is -0.183. The van der Waals surface area contributed by atoms with Crippen molar-refractivity contribution in [2.45, 2.75) is 4.90 Å². The minimum Gasteiger partial charge on any atom is -0.495 e. The average Bonchev–Trinajstić information content (AvgIpc) is 2.15. The second kappa shape index (κ2) is 4.40. The van der Waals surface area contributed by atoms with Gasteiger partial charge in [0.15, 0.2) is 9.84 Å². The molecule has 0 aliphatic heterocycles. The van der Waals surface area contributed by atoms with Crippen molar-refractivity contribution in [3.63, 3.8) is 0 Å². The van der Waals surface area contributed by atoms with Crippen LogP contribution in [-0.4, -0.2) is 33.0 Å². The normalized spacial score (nSPS) is 10.9. The third-order valence-corrected chi connectivity index (χ3v) is 2.95. The highest BCUT2D eigenvalue weighted by atomic mass is 32.2. The topological polar surface area (TPSA) is 92.7 Å². The van der Waals surface area contributed by atoms with Crippen LogP contribution in [0.15, 0.2) is 23.1 Å². The van der Waals surface area contributed by atoms with E-state index in [0.29, 0.717) is 0 Å². The number of amides is 1. The molecule has 0 aromatic heterocycles. The summed E-state index contributed by atoms with van der Waals surface area (Å²) in [7, 11) is -2.01. The SMILES string of the molecule is COc1cc(S(C)(=O)=O)ccc1NC(=O)O. The lowest BCUT2D eigenvalue weighted by Gasteiger charge is -2.09.